The topological polar surface area (TPSA) is 92.5 Å². The first-order chi connectivity index (χ1) is 8.88. The summed E-state index contributed by atoms with van der Waals surface area (Å²) in [6.45, 7) is -0.747. The lowest BCUT2D eigenvalue weighted by Crippen LogP contribution is -2.53. The van der Waals surface area contributed by atoms with Gasteiger partial charge in [-0.25, -0.2) is 8.78 Å². The maximum absolute atomic E-state index is 13.5. The van der Waals surface area contributed by atoms with E-state index in [1.807, 2.05) is 5.32 Å². The molecule has 0 radical (unpaired) electrons. The van der Waals surface area contributed by atoms with Gasteiger partial charge in [0.15, 0.2) is 0 Å². The maximum atomic E-state index is 13.5. The third-order valence-electron chi connectivity index (χ3n) is 2.55. The van der Waals surface area contributed by atoms with Gasteiger partial charge < -0.3 is 10.6 Å². The molecule has 0 aliphatic carbocycles. The number of nitrogens with zero attached hydrogens (tertiary/aromatic N) is 1. The summed E-state index contributed by atoms with van der Waals surface area (Å²) in [5, 5.41) is 2.00. The van der Waals surface area contributed by atoms with Gasteiger partial charge in [0.1, 0.15) is 24.7 Å². The summed E-state index contributed by atoms with van der Waals surface area (Å²) in [5.74, 6) is -4.32. The number of rotatable bonds is 1. The third-order valence-corrected chi connectivity index (χ3v) is 2.55. The lowest BCUT2D eigenvalue weighted by atomic mass is 10.1. The van der Waals surface area contributed by atoms with Crippen LogP contribution in [0.3, 0.4) is 0 Å². The minimum absolute atomic E-state index is 0.374. The van der Waals surface area contributed by atoms with Crippen LogP contribution in [0.25, 0.3) is 0 Å². The van der Waals surface area contributed by atoms with E-state index in [0.717, 1.165) is 11.0 Å². The standard InChI is InChI=1S/C11H9F2N3O3/c12-6-2-7(13)8(14)1-5(6)11(19)16-3-9(17)15-10(18)4-16/h1-2H,3-4,14H2,(H,15,17,18). The van der Waals surface area contributed by atoms with Gasteiger partial charge in [0.25, 0.3) is 5.91 Å². The van der Waals surface area contributed by atoms with Crippen molar-refractivity contribution in [2.75, 3.05) is 18.8 Å². The lowest BCUT2D eigenvalue weighted by molar-refractivity contribution is -0.135. The summed E-state index contributed by atoms with van der Waals surface area (Å²) >= 11 is 0. The van der Waals surface area contributed by atoms with E-state index in [9.17, 15) is 23.2 Å². The number of carbonyl (C=O) groups excluding carboxylic acids is 3. The number of imide groups is 1. The zero-order valence-corrected chi connectivity index (χ0v) is 9.57. The number of benzene rings is 1. The van der Waals surface area contributed by atoms with Crippen molar-refractivity contribution in [3.8, 4) is 0 Å². The van der Waals surface area contributed by atoms with Gasteiger partial charge in [-0.05, 0) is 6.07 Å². The Kier molecular flexibility index (Phi) is 3.16. The largest absolute Gasteiger partial charge is 0.396 e. The van der Waals surface area contributed by atoms with Gasteiger partial charge in [0.2, 0.25) is 11.8 Å². The molecule has 3 amide bonds. The summed E-state index contributed by atoms with van der Waals surface area (Å²) in [6.07, 6.45) is 0. The van der Waals surface area contributed by atoms with Gasteiger partial charge in [-0.1, -0.05) is 0 Å². The number of amides is 3. The molecule has 0 spiro atoms. The van der Waals surface area contributed by atoms with E-state index in [1.165, 1.54) is 0 Å². The van der Waals surface area contributed by atoms with Crippen LogP contribution >= 0.6 is 0 Å². The van der Waals surface area contributed by atoms with Crippen LogP contribution in [0.5, 0.6) is 0 Å². The van der Waals surface area contributed by atoms with Crippen molar-refractivity contribution >= 4 is 23.4 Å². The number of anilines is 1. The molecule has 19 heavy (non-hydrogen) atoms. The number of carbonyl (C=O) groups is 3. The van der Waals surface area contributed by atoms with Crippen molar-refractivity contribution in [3.63, 3.8) is 0 Å². The number of nitrogens with two attached hydrogens (primary N) is 1. The molecule has 1 aliphatic heterocycles. The van der Waals surface area contributed by atoms with Gasteiger partial charge in [0, 0.05) is 6.07 Å². The molecule has 2 rings (SSSR count). The van der Waals surface area contributed by atoms with Crippen molar-refractivity contribution in [1.82, 2.24) is 10.2 Å². The Bertz CT molecular complexity index is 573. The molecule has 1 heterocycles. The van der Waals surface area contributed by atoms with E-state index >= 15 is 0 Å². The van der Waals surface area contributed by atoms with Gasteiger partial charge in [-0.3, -0.25) is 19.7 Å². The molecular weight excluding hydrogens is 260 g/mol. The highest BCUT2D eigenvalue weighted by molar-refractivity contribution is 6.06. The molecular formula is C11H9F2N3O3. The Balaban J connectivity index is 2.31. The zero-order valence-electron chi connectivity index (χ0n) is 9.57. The molecule has 1 aromatic carbocycles. The fourth-order valence-electron chi connectivity index (χ4n) is 1.68. The minimum Gasteiger partial charge on any atom is -0.396 e. The smallest absolute Gasteiger partial charge is 0.257 e. The first-order valence-corrected chi connectivity index (χ1v) is 5.25. The van der Waals surface area contributed by atoms with Gasteiger partial charge in [-0.2, -0.15) is 0 Å². The summed E-state index contributed by atoms with van der Waals surface area (Å²) in [5.41, 5.74) is 4.38. The lowest BCUT2D eigenvalue weighted by Gasteiger charge is -2.25. The summed E-state index contributed by atoms with van der Waals surface area (Å²) in [7, 11) is 0. The second-order valence-electron chi connectivity index (χ2n) is 3.99. The first kappa shape index (κ1) is 12.9. The second-order valence-corrected chi connectivity index (χ2v) is 3.99. The zero-order chi connectivity index (χ0) is 14.2. The number of hydrogen-bond donors (Lipinski definition) is 2. The number of nitrogen functional groups attached to an aromatic ring is 1. The molecule has 1 aliphatic rings. The van der Waals surface area contributed by atoms with Crippen LogP contribution < -0.4 is 11.1 Å². The predicted octanol–water partition coefficient (Wildman–Crippen LogP) is -0.354. The highest BCUT2D eigenvalue weighted by Gasteiger charge is 2.29. The monoisotopic (exact) mass is 269 g/mol. The SMILES string of the molecule is Nc1cc(C(=O)N2CC(=O)NC(=O)C2)c(F)cc1F. The highest BCUT2D eigenvalue weighted by atomic mass is 19.1. The van der Waals surface area contributed by atoms with Crippen LogP contribution in [0, 0.1) is 11.6 Å². The fourth-order valence-corrected chi connectivity index (χ4v) is 1.68. The van der Waals surface area contributed by atoms with Crippen LogP contribution in [-0.4, -0.2) is 35.7 Å². The van der Waals surface area contributed by atoms with Crippen LogP contribution in [0.15, 0.2) is 12.1 Å². The van der Waals surface area contributed by atoms with Crippen molar-refractivity contribution in [2.24, 2.45) is 0 Å². The maximum Gasteiger partial charge on any atom is 0.257 e. The fraction of sp³-hybridized carbons (Fsp3) is 0.182. The number of hydrogen-bond acceptors (Lipinski definition) is 4. The average Bonchev–Trinajstić information content (AvgIpc) is 2.31. The van der Waals surface area contributed by atoms with Crippen LogP contribution in [0.4, 0.5) is 14.5 Å². The quantitative estimate of drug-likeness (QED) is 0.538. The molecule has 8 heteroatoms. The Labute approximate surface area is 106 Å². The molecule has 0 unspecified atom stereocenters. The summed E-state index contributed by atoms with van der Waals surface area (Å²) in [4.78, 5) is 35.1. The molecule has 1 aromatic rings. The molecule has 0 atom stereocenters. The Hall–Kier alpha value is -2.51. The van der Waals surface area contributed by atoms with Crippen molar-refractivity contribution in [3.05, 3.63) is 29.3 Å². The van der Waals surface area contributed by atoms with Crippen LogP contribution in [0.1, 0.15) is 10.4 Å². The normalized spacial score (nSPS) is 15.4. The van der Waals surface area contributed by atoms with Crippen LogP contribution in [-0.2, 0) is 9.59 Å². The van der Waals surface area contributed by atoms with E-state index in [-0.39, 0.29) is 13.1 Å². The van der Waals surface area contributed by atoms with E-state index in [4.69, 9.17) is 5.73 Å². The molecule has 3 N–H and O–H groups in total. The van der Waals surface area contributed by atoms with E-state index in [2.05, 4.69) is 0 Å². The molecule has 1 saturated heterocycles. The van der Waals surface area contributed by atoms with Gasteiger partial charge in [0.05, 0.1) is 11.3 Å². The van der Waals surface area contributed by atoms with Crippen molar-refractivity contribution in [2.45, 2.75) is 0 Å². The van der Waals surface area contributed by atoms with Gasteiger partial charge in [-0.15, -0.1) is 0 Å². The predicted molar refractivity (Wildman–Crippen MR) is 59.8 cm³/mol. The molecule has 0 saturated carbocycles. The number of nitrogens with one attached hydrogen (secondary N) is 1. The molecule has 100 valence electrons. The number of piperazine rings is 1. The molecule has 1 fully saturated rings. The van der Waals surface area contributed by atoms with Crippen molar-refractivity contribution in [1.29, 1.82) is 0 Å². The third kappa shape index (κ3) is 2.51. The van der Waals surface area contributed by atoms with E-state index in [1.54, 1.807) is 0 Å². The molecule has 0 bridgehead atoms. The summed E-state index contributed by atoms with van der Waals surface area (Å²) in [6, 6.07) is 1.32. The van der Waals surface area contributed by atoms with Crippen LogP contribution in [0.2, 0.25) is 0 Å². The van der Waals surface area contributed by atoms with Gasteiger partial charge >= 0.3 is 0 Å². The summed E-state index contributed by atoms with van der Waals surface area (Å²) < 4.78 is 26.5. The minimum atomic E-state index is -1.10. The van der Waals surface area contributed by atoms with E-state index in [0.29, 0.717) is 6.07 Å². The Morgan fingerprint density at radius 3 is 2.32 bits per heavy atom. The highest BCUT2D eigenvalue weighted by Crippen LogP contribution is 2.18. The first-order valence-electron chi connectivity index (χ1n) is 5.25. The average molecular weight is 269 g/mol. The Morgan fingerprint density at radius 1 is 1.16 bits per heavy atom. The Morgan fingerprint density at radius 2 is 1.74 bits per heavy atom. The molecule has 0 aromatic heterocycles. The van der Waals surface area contributed by atoms with E-state index < -0.39 is 40.6 Å². The second kappa shape index (κ2) is 4.63. The van der Waals surface area contributed by atoms with Crippen molar-refractivity contribution < 1.29 is 23.2 Å². The molecule has 6 nitrogen and oxygen atoms in total. The number of halogens is 2.